The van der Waals surface area contributed by atoms with Crippen molar-refractivity contribution in [2.45, 2.75) is 77.8 Å². The Balaban J connectivity index is 1.27. The van der Waals surface area contributed by atoms with E-state index < -0.39 is 23.3 Å². The standard InChI is InChI=1S/C37H38F3N7O4/c1-21-7-8-31(37(38,39)40)44-28(21)13-30(49)29-14-36-15-32(36)47(29)33(50)19-46-35-25(16-41-9-5-4-6-10-51-20-36)11-24(26-17-42-23(3)43-18-26)12-27(35)34(45-46)22(2)48/h4,6-8,11-12,17-18,29,32,41H,5,9-10,13-16,19-20H2,1-3H3/b6-4+/t29-,32+,36-/m0/s1. The normalized spacial score (nSPS) is 23.2. The first-order valence-corrected chi connectivity index (χ1v) is 17.0. The minimum absolute atomic E-state index is 0.0313. The summed E-state index contributed by atoms with van der Waals surface area (Å²) in [5, 5.41) is 8.70. The number of benzene rings is 1. The summed E-state index contributed by atoms with van der Waals surface area (Å²) in [6, 6.07) is 4.88. The molecule has 7 rings (SSSR count). The summed E-state index contributed by atoms with van der Waals surface area (Å²) in [6.45, 7) is 6.39. The first kappa shape index (κ1) is 34.6. The second-order valence-corrected chi connectivity index (χ2v) is 13.8. The molecule has 14 heteroatoms. The number of aryl methyl sites for hydroxylation is 2. The minimum atomic E-state index is -4.66. The van der Waals surface area contributed by atoms with Crippen LogP contribution in [0.15, 0.2) is 48.8 Å². The summed E-state index contributed by atoms with van der Waals surface area (Å²) in [6.07, 6.45) is 4.13. The maximum absolute atomic E-state index is 14.4. The van der Waals surface area contributed by atoms with E-state index in [1.807, 2.05) is 24.3 Å². The number of nitrogens with zero attached hydrogens (tertiary/aromatic N) is 6. The van der Waals surface area contributed by atoms with E-state index in [-0.39, 0.29) is 47.9 Å². The van der Waals surface area contributed by atoms with E-state index in [0.717, 1.165) is 29.2 Å². The molecule has 5 heterocycles. The molecule has 3 aliphatic rings. The largest absolute Gasteiger partial charge is 0.433 e. The molecule has 2 aliphatic heterocycles. The van der Waals surface area contributed by atoms with E-state index in [2.05, 4.69) is 25.4 Å². The number of hydrogen-bond donors (Lipinski definition) is 1. The average molecular weight is 702 g/mol. The van der Waals surface area contributed by atoms with Crippen LogP contribution in [0, 0.1) is 19.3 Å². The molecule has 2 bridgehead atoms. The molecule has 1 N–H and O–H groups in total. The molecule has 2 fully saturated rings. The maximum Gasteiger partial charge on any atom is 0.433 e. The van der Waals surface area contributed by atoms with E-state index >= 15 is 0 Å². The van der Waals surface area contributed by atoms with Gasteiger partial charge in [0.05, 0.1) is 36.9 Å². The van der Waals surface area contributed by atoms with E-state index in [4.69, 9.17) is 4.74 Å². The number of Topliss-reactive ketones (excluding diaryl/α,β-unsaturated/α-hetero) is 2. The minimum Gasteiger partial charge on any atom is -0.377 e. The summed E-state index contributed by atoms with van der Waals surface area (Å²) in [7, 11) is 0. The number of carbonyl (C=O) groups is 3. The summed E-state index contributed by atoms with van der Waals surface area (Å²) in [5.41, 5.74) is 2.18. The molecule has 0 radical (unpaired) electrons. The van der Waals surface area contributed by atoms with Gasteiger partial charge in [0.15, 0.2) is 11.6 Å². The lowest BCUT2D eigenvalue weighted by Gasteiger charge is -2.27. The van der Waals surface area contributed by atoms with Crippen LogP contribution in [0.4, 0.5) is 13.2 Å². The Morgan fingerprint density at radius 1 is 1.08 bits per heavy atom. The SMILES string of the molecule is CC(=O)c1nn2c3c(cc(-c4cnc(C)nc4)cc13)CNCC/C=C/COC[C@@]13C[C@@H](C(=O)Cc4nc(C(F)(F)F)ccc4C)N(C(=O)C2)[C@@H]1C3. The molecule has 0 spiro atoms. The van der Waals surface area contributed by atoms with E-state index in [1.165, 1.54) is 17.7 Å². The van der Waals surface area contributed by atoms with Gasteiger partial charge in [0.1, 0.15) is 23.8 Å². The Kier molecular flexibility index (Phi) is 9.08. The predicted molar refractivity (Wildman–Crippen MR) is 181 cm³/mol. The number of hydrogen-bond acceptors (Lipinski definition) is 9. The van der Waals surface area contributed by atoms with Gasteiger partial charge in [0, 0.05) is 48.3 Å². The van der Waals surface area contributed by atoms with Crippen molar-refractivity contribution in [3.8, 4) is 11.1 Å². The first-order valence-electron chi connectivity index (χ1n) is 17.0. The number of halogens is 3. The zero-order valence-electron chi connectivity index (χ0n) is 28.6. The Morgan fingerprint density at radius 2 is 1.86 bits per heavy atom. The Labute approximate surface area is 292 Å². The van der Waals surface area contributed by atoms with Crippen molar-refractivity contribution in [1.29, 1.82) is 0 Å². The summed E-state index contributed by atoms with van der Waals surface area (Å²) < 4.78 is 48.1. The van der Waals surface area contributed by atoms with Gasteiger partial charge in [0.2, 0.25) is 5.91 Å². The molecule has 1 aromatic carbocycles. The summed E-state index contributed by atoms with van der Waals surface area (Å²) >= 11 is 0. The van der Waals surface area contributed by atoms with Crippen molar-refractivity contribution in [1.82, 2.24) is 34.9 Å². The van der Waals surface area contributed by atoms with Crippen LogP contribution in [-0.2, 0) is 40.0 Å². The molecule has 11 nitrogen and oxygen atoms in total. The molecule has 1 aliphatic carbocycles. The van der Waals surface area contributed by atoms with E-state index in [0.29, 0.717) is 61.4 Å². The second kappa shape index (κ2) is 13.4. The lowest BCUT2D eigenvalue weighted by molar-refractivity contribution is -0.141. The molecule has 1 saturated heterocycles. The van der Waals surface area contributed by atoms with Crippen molar-refractivity contribution in [3.05, 3.63) is 82.8 Å². The number of carbonyl (C=O) groups excluding carboxylic acids is 3. The highest BCUT2D eigenvalue weighted by molar-refractivity contribution is 6.07. The lowest BCUT2D eigenvalue weighted by atomic mass is 9.95. The van der Waals surface area contributed by atoms with Gasteiger partial charge in [-0.25, -0.2) is 15.0 Å². The zero-order chi connectivity index (χ0) is 36.1. The Hall–Kier alpha value is -4.82. The zero-order valence-corrected chi connectivity index (χ0v) is 28.6. The monoisotopic (exact) mass is 701 g/mol. The van der Waals surface area contributed by atoms with Gasteiger partial charge < -0.3 is 15.0 Å². The number of pyridine rings is 1. The van der Waals surface area contributed by atoms with E-state index in [9.17, 15) is 27.6 Å². The molecule has 266 valence electrons. The number of rotatable bonds is 5. The molecule has 0 unspecified atom stereocenters. The van der Waals surface area contributed by atoms with Gasteiger partial charge in [-0.2, -0.15) is 18.3 Å². The van der Waals surface area contributed by atoms with Gasteiger partial charge in [-0.05, 0) is 74.5 Å². The quantitative estimate of drug-likeness (QED) is 0.227. The summed E-state index contributed by atoms with van der Waals surface area (Å²) in [5.74, 6) is -0.403. The number of ether oxygens (including phenoxy) is 1. The number of alkyl halides is 3. The molecule has 4 aromatic rings. The molecule has 51 heavy (non-hydrogen) atoms. The molecular formula is C37H38F3N7O4. The first-order chi connectivity index (χ1) is 24.3. The van der Waals surface area contributed by atoms with Crippen molar-refractivity contribution in [3.63, 3.8) is 0 Å². The van der Waals surface area contributed by atoms with Crippen molar-refractivity contribution in [2.75, 3.05) is 19.8 Å². The van der Waals surface area contributed by atoms with Gasteiger partial charge in [0.25, 0.3) is 0 Å². The third-order valence-corrected chi connectivity index (χ3v) is 10.1. The van der Waals surface area contributed by atoms with Crippen LogP contribution < -0.4 is 5.32 Å². The second-order valence-electron chi connectivity index (χ2n) is 13.8. The van der Waals surface area contributed by atoms with Crippen LogP contribution in [0.3, 0.4) is 0 Å². The number of amides is 1. The maximum atomic E-state index is 14.4. The fourth-order valence-corrected chi connectivity index (χ4v) is 7.42. The van der Waals surface area contributed by atoms with Crippen LogP contribution in [-0.4, -0.2) is 78.9 Å². The summed E-state index contributed by atoms with van der Waals surface area (Å²) in [4.78, 5) is 55.4. The van der Waals surface area contributed by atoms with Crippen LogP contribution in [0.1, 0.15) is 65.0 Å². The number of aromatic nitrogens is 5. The van der Waals surface area contributed by atoms with Crippen molar-refractivity contribution >= 4 is 28.4 Å². The molecule has 1 saturated carbocycles. The predicted octanol–water partition coefficient (Wildman–Crippen LogP) is 4.96. The highest BCUT2D eigenvalue weighted by Crippen LogP contribution is 2.60. The number of nitrogens with one attached hydrogen (secondary N) is 1. The Morgan fingerprint density at radius 3 is 2.61 bits per heavy atom. The van der Waals surface area contributed by atoms with Crippen LogP contribution in [0.2, 0.25) is 0 Å². The van der Waals surface area contributed by atoms with Crippen molar-refractivity contribution < 1.29 is 32.3 Å². The fraction of sp³-hybridized carbons (Fsp3) is 0.432. The van der Waals surface area contributed by atoms with Crippen LogP contribution in [0.25, 0.3) is 22.0 Å². The highest BCUT2D eigenvalue weighted by atomic mass is 19.4. The average Bonchev–Trinajstić information content (AvgIpc) is 3.48. The molecule has 3 atom stereocenters. The smallest absolute Gasteiger partial charge is 0.377 e. The Bertz CT molecular complexity index is 2060. The lowest BCUT2D eigenvalue weighted by Crippen LogP contribution is -2.45. The van der Waals surface area contributed by atoms with Gasteiger partial charge in [-0.3, -0.25) is 19.1 Å². The van der Waals surface area contributed by atoms with Gasteiger partial charge in [-0.15, -0.1) is 0 Å². The molecule has 1 amide bonds. The molecular weight excluding hydrogens is 663 g/mol. The van der Waals surface area contributed by atoms with E-state index in [1.54, 1.807) is 31.1 Å². The van der Waals surface area contributed by atoms with Gasteiger partial charge in [-0.1, -0.05) is 18.2 Å². The van der Waals surface area contributed by atoms with Crippen molar-refractivity contribution in [2.24, 2.45) is 5.41 Å². The fourth-order valence-electron chi connectivity index (χ4n) is 7.42. The third kappa shape index (κ3) is 6.81. The van der Waals surface area contributed by atoms with Gasteiger partial charge >= 0.3 is 6.18 Å². The number of ketones is 2. The third-order valence-electron chi connectivity index (χ3n) is 10.1. The number of piperidine rings is 1. The topological polar surface area (TPSA) is 132 Å². The van der Waals surface area contributed by atoms with Crippen LogP contribution >= 0.6 is 0 Å². The van der Waals surface area contributed by atoms with Crippen LogP contribution in [0.5, 0.6) is 0 Å². The molecule has 3 aromatic heterocycles. The highest BCUT2D eigenvalue weighted by Gasteiger charge is 2.67.